The van der Waals surface area contributed by atoms with Gasteiger partial charge in [0.05, 0.1) is 12.2 Å². The third kappa shape index (κ3) is 3.27. The van der Waals surface area contributed by atoms with Gasteiger partial charge in [-0.2, -0.15) is 0 Å². The Balaban J connectivity index is 1.98. The van der Waals surface area contributed by atoms with Crippen LogP contribution in [0.15, 0.2) is 0 Å². The van der Waals surface area contributed by atoms with Crippen LogP contribution in [0.3, 0.4) is 0 Å². The second-order valence-corrected chi connectivity index (χ2v) is 6.42. The molecule has 19 heavy (non-hydrogen) atoms. The lowest BCUT2D eigenvalue weighted by molar-refractivity contribution is -0.167. The largest absolute Gasteiger partial charge is 0.389 e. The number of morpholine rings is 1. The molecule has 1 heterocycles. The molecule has 0 spiro atoms. The first kappa shape index (κ1) is 14.8. The molecule has 0 aromatic rings. The van der Waals surface area contributed by atoms with E-state index in [1.807, 2.05) is 6.92 Å². The summed E-state index contributed by atoms with van der Waals surface area (Å²) in [5.74, 6) is -0.00406. The highest BCUT2D eigenvalue weighted by Crippen LogP contribution is 2.31. The molecule has 2 aliphatic rings. The Hall–Kier alpha value is -0.650. The first-order chi connectivity index (χ1) is 8.85. The number of rotatable bonds is 3. The second kappa shape index (κ2) is 5.38. The fraction of sp³-hybridized carbons (Fsp3) is 0.929. The monoisotopic (exact) mass is 270 g/mol. The van der Waals surface area contributed by atoms with Gasteiger partial charge in [-0.3, -0.25) is 9.69 Å². The van der Waals surface area contributed by atoms with Crippen LogP contribution in [0.1, 0.15) is 32.6 Å². The summed E-state index contributed by atoms with van der Waals surface area (Å²) in [6.07, 6.45) is 3.97. The van der Waals surface area contributed by atoms with Crippen LogP contribution in [0, 0.1) is 0 Å². The molecule has 1 unspecified atom stereocenters. The standard InChI is InChI=1S/C14H26N2O3/c1-13(12(17)15(2)3)10-16(8-9-19-13)11-14(18)6-4-5-7-14/h18H,4-11H2,1-3H3. The van der Waals surface area contributed by atoms with E-state index in [0.29, 0.717) is 19.7 Å². The summed E-state index contributed by atoms with van der Waals surface area (Å²) in [4.78, 5) is 15.9. The molecular weight excluding hydrogens is 244 g/mol. The number of carbonyl (C=O) groups excluding carboxylic acids is 1. The number of nitrogens with zero attached hydrogens (tertiary/aromatic N) is 2. The summed E-state index contributed by atoms with van der Waals surface area (Å²) >= 11 is 0. The lowest BCUT2D eigenvalue weighted by atomic mass is 9.98. The molecule has 0 bridgehead atoms. The van der Waals surface area contributed by atoms with Crippen molar-refractivity contribution >= 4 is 5.91 Å². The molecule has 0 radical (unpaired) electrons. The smallest absolute Gasteiger partial charge is 0.255 e. The van der Waals surface area contributed by atoms with Gasteiger partial charge in [-0.1, -0.05) is 12.8 Å². The van der Waals surface area contributed by atoms with Crippen molar-refractivity contribution in [3.05, 3.63) is 0 Å². The van der Waals surface area contributed by atoms with E-state index in [1.165, 1.54) is 0 Å². The normalized spacial score (nSPS) is 31.4. The van der Waals surface area contributed by atoms with Gasteiger partial charge < -0.3 is 14.7 Å². The zero-order valence-electron chi connectivity index (χ0n) is 12.3. The molecule has 0 aromatic carbocycles. The van der Waals surface area contributed by atoms with E-state index in [9.17, 15) is 9.90 Å². The van der Waals surface area contributed by atoms with E-state index < -0.39 is 11.2 Å². The van der Waals surface area contributed by atoms with Crippen LogP contribution in [-0.2, 0) is 9.53 Å². The third-order valence-corrected chi connectivity index (χ3v) is 4.26. The summed E-state index contributed by atoms with van der Waals surface area (Å²) in [7, 11) is 3.50. The van der Waals surface area contributed by atoms with Crippen molar-refractivity contribution in [2.75, 3.05) is 40.3 Å². The molecule has 1 amide bonds. The maximum Gasteiger partial charge on any atom is 0.255 e. The molecule has 1 aliphatic heterocycles. The van der Waals surface area contributed by atoms with Crippen LogP contribution in [0.4, 0.5) is 0 Å². The summed E-state index contributed by atoms with van der Waals surface area (Å²) in [5, 5.41) is 10.5. The van der Waals surface area contributed by atoms with Crippen LogP contribution < -0.4 is 0 Å². The fourth-order valence-electron chi connectivity index (χ4n) is 3.30. The number of hydrogen-bond donors (Lipinski definition) is 1. The van der Waals surface area contributed by atoms with Crippen molar-refractivity contribution in [2.45, 2.75) is 43.8 Å². The first-order valence-corrected chi connectivity index (χ1v) is 7.15. The minimum atomic E-state index is -0.781. The van der Waals surface area contributed by atoms with E-state index in [4.69, 9.17) is 4.74 Å². The minimum absolute atomic E-state index is 0.00406. The number of hydrogen-bond acceptors (Lipinski definition) is 4. The van der Waals surface area contributed by atoms with Crippen LogP contribution in [0.5, 0.6) is 0 Å². The molecule has 1 atom stereocenters. The predicted molar refractivity (Wildman–Crippen MR) is 72.9 cm³/mol. The van der Waals surface area contributed by atoms with Crippen molar-refractivity contribution in [3.8, 4) is 0 Å². The average molecular weight is 270 g/mol. The van der Waals surface area contributed by atoms with Gasteiger partial charge in [0.1, 0.15) is 0 Å². The zero-order valence-corrected chi connectivity index (χ0v) is 12.3. The maximum absolute atomic E-state index is 12.2. The molecule has 1 N–H and O–H groups in total. The Bertz CT molecular complexity index is 340. The van der Waals surface area contributed by atoms with Crippen LogP contribution in [-0.4, -0.2) is 72.4 Å². The molecule has 5 heteroatoms. The van der Waals surface area contributed by atoms with Crippen LogP contribution in [0.25, 0.3) is 0 Å². The molecular formula is C14H26N2O3. The summed E-state index contributed by atoms with van der Waals surface area (Å²) in [6, 6.07) is 0. The van der Waals surface area contributed by atoms with Gasteiger partial charge in [0, 0.05) is 33.7 Å². The van der Waals surface area contributed by atoms with Crippen molar-refractivity contribution in [1.82, 2.24) is 9.80 Å². The van der Waals surface area contributed by atoms with E-state index in [-0.39, 0.29) is 5.91 Å². The predicted octanol–water partition coefficient (Wildman–Crippen LogP) is 0.471. The number of carbonyl (C=O) groups is 1. The zero-order chi connectivity index (χ0) is 14.1. The quantitative estimate of drug-likeness (QED) is 0.810. The van der Waals surface area contributed by atoms with Crippen molar-refractivity contribution in [2.24, 2.45) is 0 Å². The Kier molecular flexibility index (Phi) is 4.18. The van der Waals surface area contributed by atoms with Gasteiger partial charge in [-0.05, 0) is 19.8 Å². The van der Waals surface area contributed by atoms with E-state index in [1.54, 1.807) is 19.0 Å². The number of aliphatic hydroxyl groups is 1. The van der Waals surface area contributed by atoms with E-state index in [2.05, 4.69) is 4.90 Å². The van der Waals surface area contributed by atoms with Gasteiger partial charge in [0.2, 0.25) is 0 Å². The highest BCUT2D eigenvalue weighted by Gasteiger charge is 2.42. The fourth-order valence-corrected chi connectivity index (χ4v) is 3.30. The third-order valence-electron chi connectivity index (χ3n) is 4.26. The molecule has 1 saturated carbocycles. The summed E-state index contributed by atoms with van der Waals surface area (Å²) in [6.45, 7) is 4.41. The van der Waals surface area contributed by atoms with Crippen molar-refractivity contribution in [3.63, 3.8) is 0 Å². The lowest BCUT2D eigenvalue weighted by Crippen LogP contribution is -2.59. The summed E-state index contributed by atoms with van der Waals surface area (Å²) < 4.78 is 5.70. The Morgan fingerprint density at radius 3 is 2.58 bits per heavy atom. The topological polar surface area (TPSA) is 53.0 Å². The molecule has 2 fully saturated rings. The van der Waals surface area contributed by atoms with Gasteiger partial charge >= 0.3 is 0 Å². The van der Waals surface area contributed by atoms with E-state index in [0.717, 1.165) is 32.2 Å². The highest BCUT2D eigenvalue weighted by atomic mass is 16.5. The van der Waals surface area contributed by atoms with E-state index >= 15 is 0 Å². The molecule has 110 valence electrons. The molecule has 5 nitrogen and oxygen atoms in total. The number of ether oxygens (including phenoxy) is 1. The van der Waals surface area contributed by atoms with Crippen molar-refractivity contribution < 1.29 is 14.6 Å². The molecule has 1 aliphatic carbocycles. The number of amides is 1. The van der Waals surface area contributed by atoms with Crippen LogP contribution in [0.2, 0.25) is 0 Å². The SMILES string of the molecule is CN(C)C(=O)C1(C)CN(CC2(O)CCCC2)CCO1. The van der Waals surface area contributed by atoms with Gasteiger partial charge in [0.15, 0.2) is 5.60 Å². The molecule has 2 rings (SSSR count). The van der Waals surface area contributed by atoms with Gasteiger partial charge in [-0.15, -0.1) is 0 Å². The number of β-amino-alcohol motifs (C(OH)–C–C–N with tert-alkyl or cyclic N) is 1. The lowest BCUT2D eigenvalue weighted by Gasteiger charge is -2.42. The Morgan fingerprint density at radius 2 is 2.00 bits per heavy atom. The molecule has 0 aromatic heterocycles. The highest BCUT2D eigenvalue weighted by molar-refractivity contribution is 5.84. The second-order valence-electron chi connectivity index (χ2n) is 6.42. The van der Waals surface area contributed by atoms with Gasteiger partial charge in [-0.25, -0.2) is 0 Å². The maximum atomic E-state index is 12.2. The minimum Gasteiger partial charge on any atom is -0.389 e. The average Bonchev–Trinajstić information content (AvgIpc) is 2.74. The van der Waals surface area contributed by atoms with Gasteiger partial charge in [0.25, 0.3) is 5.91 Å². The number of likely N-dealkylation sites (N-methyl/N-ethyl adjacent to an activating group) is 1. The molecule has 1 saturated heterocycles. The van der Waals surface area contributed by atoms with Crippen molar-refractivity contribution in [1.29, 1.82) is 0 Å². The van der Waals surface area contributed by atoms with Crippen LogP contribution >= 0.6 is 0 Å². The summed E-state index contributed by atoms with van der Waals surface area (Å²) in [5.41, 5.74) is -1.34. The Morgan fingerprint density at radius 1 is 1.37 bits per heavy atom. The Labute approximate surface area is 115 Å². The first-order valence-electron chi connectivity index (χ1n) is 7.15.